The largest absolute Gasteiger partial charge is 0.307 e. The Morgan fingerprint density at radius 2 is 2.18 bits per heavy atom. The Bertz CT molecular complexity index is 566. The summed E-state index contributed by atoms with van der Waals surface area (Å²) in [6, 6.07) is 0. The summed E-state index contributed by atoms with van der Waals surface area (Å²) < 4.78 is 1.84. The Morgan fingerprint density at radius 3 is 2.82 bits per heavy atom. The van der Waals surface area contributed by atoms with Crippen LogP contribution in [0, 0.1) is 0 Å². The van der Waals surface area contributed by atoms with Crippen LogP contribution in [0.15, 0.2) is 34.2 Å². The Kier molecular flexibility index (Phi) is 3.45. The zero-order valence-electron chi connectivity index (χ0n) is 8.67. The molecule has 2 aromatic rings. The first-order chi connectivity index (χ1) is 8.20. The molecule has 0 radical (unpaired) electrons. The second kappa shape index (κ2) is 5.02. The van der Waals surface area contributed by atoms with E-state index in [0.29, 0.717) is 22.5 Å². The third-order valence-electron chi connectivity index (χ3n) is 2.04. The lowest BCUT2D eigenvalue weighted by Gasteiger charge is -2.05. The van der Waals surface area contributed by atoms with Crippen LogP contribution in [0.5, 0.6) is 0 Å². The molecule has 0 unspecified atom stereocenters. The summed E-state index contributed by atoms with van der Waals surface area (Å²) in [5.74, 6) is 5.64. The Labute approximate surface area is 105 Å². The van der Waals surface area contributed by atoms with Gasteiger partial charge in [-0.25, -0.2) is 15.8 Å². The molecular formula is C9H9BrN6O. The van der Waals surface area contributed by atoms with Gasteiger partial charge in [-0.15, -0.1) is 0 Å². The smallest absolute Gasteiger partial charge is 0.267 e. The number of halogens is 1. The van der Waals surface area contributed by atoms with Crippen molar-refractivity contribution in [1.82, 2.24) is 19.5 Å². The van der Waals surface area contributed by atoms with Gasteiger partial charge in [-0.2, -0.15) is 0 Å². The third kappa shape index (κ3) is 2.66. The maximum absolute atomic E-state index is 11.7. The number of rotatable bonds is 3. The number of hydrogen-bond donors (Lipinski definition) is 2. The molecule has 88 valence electrons. The quantitative estimate of drug-likeness (QED) is 0.617. The van der Waals surface area contributed by atoms with E-state index >= 15 is 0 Å². The van der Waals surface area contributed by atoms with Gasteiger partial charge in [0.05, 0.1) is 31.0 Å². The summed E-state index contributed by atoms with van der Waals surface area (Å²) in [6.07, 6.45) is 5.93. The molecule has 0 fully saturated rings. The van der Waals surface area contributed by atoms with Crippen LogP contribution in [-0.2, 0) is 6.54 Å². The minimum Gasteiger partial charge on any atom is -0.307 e. The van der Waals surface area contributed by atoms with Gasteiger partial charge in [-0.1, -0.05) is 0 Å². The fourth-order valence-corrected chi connectivity index (χ4v) is 1.57. The fourth-order valence-electron chi connectivity index (χ4n) is 1.22. The predicted molar refractivity (Wildman–Crippen MR) is 65.1 cm³/mol. The molecule has 2 heterocycles. The molecule has 8 heteroatoms. The molecule has 17 heavy (non-hydrogen) atoms. The number of nitrogens with two attached hydrogens (primary N) is 1. The Morgan fingerprint density at radius 1 is 1.35 bits per heavy atom. The van der Waals surface area contributed by atoms with Crippen LogP contribution in [0.1, 0.15) is 5.69 Å². The Hall–Kier alpha value is -1.80. The van der Waals surface area contributed by atoms with Crippen molar-refractivity contribution in [3.8, 4) is 0 Å². The molecule has 7 nitrogen and oxygen atoms in total. The maximum atomic E-state index is 11.7. The second-order valence-corrected chi connectivity index (χ2v) is 4.07. The van der Waals surface area contributed by atoms with Crippen LogP contribution >= 0.6 is 15.9 Å². The van der Waals surface area contributed by atoms with Gasteiger partial charge in [0, 0.05) is 6.20 Å². The maximum Gasteiger partial charge on any atom is 0.267 e. The van der Waals surface area contributed by atoms with Crippen LogP contribution in [0.4, 0.5) is 5.82 Å². The molecule has 0 saturated carbocycles. The van der Waals surface area contributed by atoms with Crippen molar-refractivity contribution in [1.29, 1.82) is 0 Å². The van der Waals surface area contributed by atoms with E-state index in [-0.39, 0.29) is 5.56 Å². The predicted octanol–water partition coefficient (Wildman–Crippen LogP) is 0.130. The molecule has 0 aliphatic carbocycles. The standard InChI is InChI=1S/C9H9BrN6O/c10-7-2-12-5-16(9(7)17)4-6-1-14-8(15-11)3-13-6/h1-3,5H,4,11H2,(H,14,15). The van der Waals surface area contributed by atoms with Crippen LogP contribution in [0.25, 0.3) is 0 Å². The van der Waals surface area contributed by atoms with Crippen molar-refractivity contribution < 1.29 is 0 Å². The van der Waals surface area contributed by atoms with Gasteiger partial charge in [0.1, 0.15) is 4.47 Å². The highest BCUT2D eigenvalue weighted by Gasteiger charge is 2.03. The molecule has 0 aromatic carbocycles. The molecule has 0 spiro atoms. The highest BCUT2D eigenvalue weighted by Crippen LogP contribution is 2.02. The van der Waals surface area contributed by atoms with Crippen LogP contribution in [0.3, 0.4) is 0 Å². The van der Waals surface area contributed by atoms with Crippen LogP contribution in [0.2, 0.25) is 0 Å². The van der Waals surface area contributed by atoms with E-state index in [1.807, 2.05) is 0 Å². The normalized spacial score (nSPS) is 10.2. The van der Waals surface area contributed by atoms with Gasteiger partial charge in [-0.05, 0) is 15.9 Å². The molecule has 0 bridgehead atoms. The first kappa shape index (κ1) is 11.7. The average Bonchev–Trinajstić information content (AvgIpc) is 2.36. The second-order valence-electron chi connectivity index (χ2n) is 3.21. The first-order valence-corrected chi connectivity index (χ1v) is 5.47. The number of anilines is 1. The van der Waals surface area contributed by atoms with Gasteiger partial charge in [-0.3, -0.25) is 14.3 Å². The Balaban J connectivity index is 2.25. The molecule has 0 aliphatic heterocycles. The van der Waals surface area contributed by atoms with Crippen molar-refractivity contribution in [2.75, 3.05) is 5.43 Å². The van der Waals surface area contributed by atoms with Crippen molar-refractivity contribution in [2.24, 2.45) is 5.84 Å². The SMILES string of the molecule is NNc1cnc(Cn2cncc(Br)c2=O)cn1. The lowest BCUT2D eigenvalue weighted by Crippen LogP contribution is -2.21. The molecule has 0 saturated heterocycles. The summed E-state index contributed by atoms with van der Waals surface area (Å²) in [5.41, 5.74) is 2.86. The fraction of sp³-hybridized carbons (Fsp3) is 0.111. The first-order valence-electron chi connectivity index (χ1n) is 4.68. The van der Waals surface area contributed by atoms with E-state index in [9.17, 15) is 4.79 Å². The van der Waals surface area contributed by atoms with E-state index in [1.165, 1.54) is 23.3 Å². The van der Waals surface area contributed by atoms with E-state index in [2.05, 4.69) is 36.3 Å². The molecule has 0 amide bonds. The van der Waals surface area contributed by atoms with Gasteiger partial charge >= 0.3 is 0 Å². The van der Waals surface area contributed by atoms with E-state index in [4.69, 9.17) is 5.84 Å². The molecule has 3 N–H and O–H groups in total. The van der Waals surface area contributed by atoms with E-state index < -0.39 is 0 Å². The van der Waals surface area contributed by atoms with Crippen molar-refractivity contribution >= 4 is 21.7 Å². The number of nitrogen functional groups attached to an aromatic ring is 1. The lowest BCUT2D eigenvalue weighted by molar-refractivity contribution is 0.710. The highest BCUT2D eigenvalue weighted by atomic mass is 79.9. The number of nitrogens with zero attached hydrogens (tertiary/aromatic N) is 4. The minimum atomic E-state index is -0.164. The molecule has 0 aliphatic rings. The number of hydrazine groups is 1. The van der Waals surface area contributed by atoms with Crippen molar-refractivity contribution in [3.05, 3.63) is 45.4 Å². The molecule has 0 atom stereocenters. The monoisotopic (exact) mass is 296 g/mol. The summed E-state index contributed by atoms with van der Waals surface area (Å²) in [5, 5.41) is 0. The van der Waals surface area contributed by atoms with Gasteiger partial charge in [0.15, 0.2) is 5.82 Å². The van der Waals surface area contributed by atoms with Gasteiger partial charge < -0.3 is 5.43 Å². The van der Waals surface area contributed by atoms with Crippen LogP contribution in [-0.4, -0.2) is 19.5 Å². The zero-order valence-corrected chi connectivity index (χ0v) is 10.3. The summed E-state index contributed by atoms with van der Waals surface area (Å²) in [6.45, 7) is 0.309. The average molecular weight is 297 g/mol. The van der Waals surface area contributed by atoms with E-state index in [1.54, 1.807) is 6.20 Å². The third-order valence-corrected chi connectivity index (χ3v) is 2.59. The number of nitrogens with one attached hydrogen (secondary N) is 1. The number of hydrogen-bond acceptors (Lipinski definition) is 6. The highest BCUT2D eigenvalue weighted by molar-refractivity contribution is 9.10. The molecule has 2 rings (SSSR count). The van der Waals surface area contributed by atoms with Gasteiger partial charge in [0.25, 0.3) is 5.56 Å². The summed E-state index contributed by atoms with van der Waals surface area (Å²) >= 11 is 3.12. The summed E-state index contributed by atoms with van der Waals surface area (Å²) in [7, 11) is 0. The summed E-state index contributed by atoms with van der Waals surface area (Å²) in [4.78, 5) is 23.7. The minimum absolute atomic E-state index is 0.164. The molecule has 2 aromatic heterocycles. The van der Waals surface area contributed by atoms with E-state index in [0.717, 1.165) is 0 Å². The van der Waals surface area contributed by atoms with Gasteiger partial charge in [0.2, 0.25) is 0 Å². The lowest BCUT2D eigenvalue weighted by atomic mass is 10.4. The zero-order chi connectivity index (χ0) is 12.3. The van der Waals surface area contributed by atoms with Crippen molar-refractivity contribution in [3.63, 3.8) is 0 Å². The molecular weight excluding hydrogens is 288 g/mol. The van der Waals surface area contributed by atoms with Crippen LogP contribution < -0.4 is 16.8 Å². The topological polar surface area (TPSA) is 98.7 Å². The number of aromatic nitrogens is 4. The van der Waals surface area contributed by atoms with Crippen molar-refractivity contribution in [2.45, 2.75) is 6.54 Å².